The summed E-state index contributed by atoms with van der Waals surface area (Å²) >= 11 is 0. The smallest absolute Gasteiger partial charge is 0.153 e. The third-order valence-corrected chi connectivity index (χ3v) is 5.68. The van der Waals surface area contributed by atoms with Crippen LogP contribution >= 0.6 is 0 Å². The first-order chi connectivity index (χ1) is 14.3. The van der Waals surface area contributed by atoms with Gasteiger partial charge in [0.2, 0.25) is 0 Å². The van der Waals surface area contributed by atoms with Crippen LogP contribution in [-0.4, -0.2) is 24.5 Å². The number of rotatable bonds is 5. The van der Waals surface area contributed by atoms with Crippen LogP contribution in [-0.2, 0) is 13.0 Å². The van der Waals surface area contributed by atoms with Crippen LogP contribution < -0.4 is 5.32 Å². The normalized spacial score (nSPS) is 16.0. The van der Waals surface area contributed by atoms with Crippen molar-refractivity contribution in [1.82, 2.24) is 29.9 Å². The summed E-state index contributed by atoms with van der Waals surface area (Å²) in [6.07, 6.45) is 10.9. The van der Waals surface area contributed by atoms with E-state index in [1.165, 1.54) is 22.4 Å². The molecule has 0 saturated carbocycles. The minimum absolute atomic E-state index is 0.321. The maximum absolute atomic E-state index is 4.64. The van der Waals surface area contributed by atoms with Crippen molar-refractivity contribution < 1.29 is 0 Å². The molecule has 146 valence electrons. The van der Waals surface area contributed by atoms with Gasteiger partial charge in [-0.2, -0.15) is 10.2 Å². The summed E-state index contributed by atoms with van der Waals surface area (Å²) in [5.74, 6) is 0.888. The van der Waals surface area contributed by atoms with Crippen molar-refractivity contribution in [3.8, 4) is 11.5 Å². The van der Waals surface area contributed by atoms with Gasteiger partial charge in [0.25, 0.3) is 0 Å². The molecule has 3 aromatic heterocycles. The number of benzene rings is 1. The molecular weight excluding hydrogens is 360 g/mol. The van der Waals surface area contributed by atoms with E-state index < -0.39 is 0 Å². The predicted molar refractivity (Wildman–Crippen MR) is 112 cm³/mol. The molecule has 1 unspecified atom stereocenters. The molecule has 0 spiro atoms. The molecule has 3 heterocycles. The molecule has 1 aromatic carbocycles. The van der Waals surface area contributed by atoms with E-state index in [1.54, 1.807) is 6.20 Å². The van der Waals surface area contributed by atoms with Crippen molar-refractivity contribution in [3.63, 3.8) is 0 Å². The van der Waals surface area contributed by atoms with Gasteiger partial charge in [0.05, 0.1) is 17.6 Å². The zero-order valence-corrected chi connectivity index (χ0v) is 16.5. The van der Waals surface area contributed by atoms with Gasteiger partial charge in [-0.1, -0.05) is 12.1 Å². The molecule has 0 amide bonds. The average Bonchev–Trinajstić information content (AvgIpc) is 3.44. The average molecular weight is 384 g/mol. The first kappa shape index (κ1) is 17.8. The molecule has 1 aliphatic carbocycles. The highest BCUT2D eigenvalue weighted by atomic mass is 15.3. The van der Waals surface area contributed by atoms with Crippen molar-refractivity contribution in [2.24, 2.45) is 0 Å². The highest BCUT2D eigenvalue weighted by Crippen LogP contribution is 2.31. The summed E-state index contributed by atoms with van der Waals surface area (Å²) in [5.41, 5.74) is 6.25. The van der Waals surface area contributed by atoms with Crippen LogP contribution in [0, 0.1) is 6.92 Å². The minimum atomic E-state index is 0.321. The Bertz CT molecular complexity index is 1100. The van der Waals surface area contributed by atoms with Crippen LogP contribution in [0.3, 0.4) is 0 Å². The lowest BCUT2D eigenvalue weighted by Crippen LogP contribution is -2.25. The van der Waals surface area contributed by atoms with E-state index in [0.29, 0.717) is 6.04 Å². The van der Waals surface area contributed by atoms with E-state index in [0.717, 1.165) is 37.3 Å². The zero-order chi connectivity index (χ0) is 19.6. The van der Waals surface area contributed by atoms with Gasteiger partial charge in [0, 0.05) is 36.7 Å². The fourth-order valence-corrected chi connectivity index (χ4v) is 4.12. The second kappa shape index (κ2) is 7.64. The fourth-order valence-electron chi connectivity index (χ4n) is 4.12. The molecule has 0 saturated heterocycles. The number of nitrogens with zero attached hydrogens (tertiary/aromatic N) is 5. The monoisotopic (exact) mass is 384 g/mol. The van der Waals surface area contributed by atoms with Crippen molar-refractivity contribution in [2.45, 2.75) is 38.8 Å². The van der Waals surface area contributed by atoms with Gasteiger partial charge in [0.15, 0.2) is 5.82 Å². The number of fused-ring (bicyclic) bond motifs is 1. The molecule has 4 aromatic rings. The van der Waals surface area contributed by atoms with Gasteiger partial charge in [-0.15, -0.1) is 0 Å². The molecule has 6 heteroatoms. The third kappa shape index (κ3) is 3.47. The number of hydrogen-bond acceptors (Lipinski definition) is 4. The van der Waals surface area contributed by atoms with Crippen molar-refractivity contribution in [3.05, 3.63) is 89.6 Å². The van der Waals surface area contributed by atoms with Gasteiger partial charge < -0.3 is 5.32 Å². The van der Waals surface area contributed by atoms with Crippen LogP contribution in [0.2, 0.25) is 0 Å². The summed E-state index contributed by atoms with van der Waals surface area (Å²) < 4.78 is 3.89. The maximum Gasteiger partial charge on any atom is 0.153 e. The highest BCUT2D eigenvalue weighted by Gasteiger charge is 2.24. The van der Waals surface area contributed by atoms with Crippen LogP contribution in [0.1, 0.15) is 41.3 Å². The molecule has 6 nitrogen and oxygen atoms in total. The Morgan fingerprint density at radius 1 is 1.10 bits per heavy atom. The molecule has 29 heavy (non-hydrogen) atoms. The van der Waals surface area contributed by atoms with Crippen LogP contribution in [0.5, 0.6) is 0 Å². The third-order valence-electron chi connectivity index (χ3n) is 5.68. The molecular formula is C23H24N6. The van der Waals surface area contributed by atoms with Crippen molar-refractivity contribution in [1.29, 1.82) is 0 Å². The Morgan fingerprint density at radius 3 is 2.86 bits per heavy atom. The van der Waals surface area contributed by atoms with E-state index >= 15 is 0 Å². The van der Waals surface area contributed by atoms with Gasteiger partial charge in [-0.3, -0.25) is 0 Å². The molecule has 1 aliphatic rings. The number of nitrogens with one attached hydrogen (secondary N) is 1. The first-order valence-electron chi connectivity index (χ1n) is 10.1. The molecule has 0 radical (unpaired) electrons. The van der Waals surface area contributed by atoms with Crippen molar-refractivity contribution in [2.75, 3.05) is 0 Å². The van der Waals surface area contributed by atoms with E-state index in [2.05, 4.69) is 45.6 Å². The van der Waals surface area contributed by atoms with E-state index in [9.17, 15) is 0 Å². The molecule has 1 N–H and O–H groups in total. The maximum atomic E-state index is 4.64. The van der Waals surface area contributed by atoms with E-state index in [4.69, 9.17) is 0 Å². The van der Waals surface area contributed by atoms with Gasteiger partial charge in [-0.25, -0.2) is 14.3 Å². The zero-order valence-electron chi connectivity index (χ0n) is 16.5. The number of aryl methyl sites for hydroxylation is 1. The van der Waals surface area contributed by atoms with E-state index in [-0.39, 0.29) is 0 Å². The highest BCUT2D eigenvalue weighted by molar-refractivity contribution is 5.40. The Hall–Kier alpha value is -3.25. The van der Waals surface area contributed by atoms with Crippen LogP contribution in [0.15, 0.2) is 67.3 Å². The Kier molecular flexibility index (Phi) is 4.69. The first-order valence-corrected chi connectivity index (χ1v) is 10.1. The lowest BCUT2D eigenvalue weighted by atomic mass is 9.92. The van der Waals surface area contributed by atoms with Gasteiger partial charge in [0.1, 0.15) is 0 Å². The lowest BCUT2D eigenvalue weighted by molar-refractivity contribution is 0.454. The Labute approximate surface area is 170 Å². The Balaban J connectivity index is 1.34. The number of hydrogen-bond donors (Lipinski definition) is 1. The summed E-state index contributed by atoms with van der Waals surface area (Å²) in [6, 6.07) is 14.7. The number of pyridine rings is 1. The number of aromatic nitrogens is 5. The predicted octanol–water partition coefficient (Wildman–Crippen LogP) is 3.93. The molecule has 5 rings (SSSR count). The minimum Gasteiger partial charge on any atom is -0.306 e. The van der Waals surface area contributed by atoms with Gasteiger partial charge in [-0.05, 0) is 67.6 Å². The summed E-state index contributed by atoms with van der Waals surface area (Å²) in [7, 11) is 0. The summed E-state index contributed by atoms with van der Waals surface area (Å²) in [6.45, 7) is 3.00. The second-order valence-corrected chi connectivity index (χ2v) is 7.53. The SMILES string of the molecule is Cc1cc(-n2cccn2)ccc1CNC1CCCc2c1cnn2-c1ccccn1. The fraction of sp³-hybridized carbons (Fsp3) is 0.261. The standard InChI is InChI=1S/C23H24N6/c1-17-14-19(28-13-5-12-26-28)10-9-18(17)15-25-21-6-4-7-22-20(21)16-27-29(22)23-8-2-3-11-24-23/h2-3,5,8-14,16,21,25H,4,6-7,15H2,1H3. The van der Waals surface area contributed by atoms with E-state index in [1.807, 2.05) is 52.2 Å². The van der Waals surface area contributed by atoms with Crippen LogP contribution in [0.4, 0.5) is 0 Å². The van der Waals surface area contributed by atoms with Crippen LogP contribution in [0.25, 0.3) is 11.5 Å². The second-order valence-electron chi connectivity index (χ2n) is 7.53. The summed E-state index contributed by atoms with van der Waals surface area (Å²) in [5, 5.41) is 12.7. The molecule has 0 aliphatic heterocycles. The largest absolute Gasteiger partial charge is 0.306 e. The van der Waals surface area contributed by atoms with Gasteiger partial charge >= 0.3 is 0 Å². The molecule has 0 bridgehead atoms. The quantitative estimate of drug-likeness (QED) is 0.566. The molecule has 1 atom stereocenters. The Morgan fingerprint density at radius 2 is 2.07 bits per heavy atom. The topological polar surface area (TPSA) is 60.6 Å². The van der Waals surface area contributed by atoms with Crippen molar-refractivity contribution >= 4 is 0 Å². The lowest BCUT2D eigenvalue weighted by Gasteiger charge is -2.24. The summed E-state index contributed by atoms with van der Waals surface area (Å²) in [4.78, 5) is 4.46. The molecule has 0 fully saturated rings.